The monoisotopic (exact) mass is 467 g/mol. The minimum Gasteiger partial charge on any atom is -0.372 e. The van der Waals surface area contributed by atoms with Crippen molar-refractivity contribution in [3.8, 4) is 0 Å². The van der Waals surface area contributed by atoms with Crippen LogP contribution in [0.3, 0.4) is 0 Å². The summed E-state index contributed by atoms with van der Waals surface area (Å²) in [6.45, 7) is 7.32. The molecular weight excluding hydrogens is 430 g/mol. The molecule has 0 N–H and O–H groups in total. The summed E-state index contributed by atoms with van der Waals surface area (Å²) in [7, 11) is 0. The van der Waals surface area contributed by atoms with Crippen LogP contribution in [-0.2, 0) is 9.53 Å². The van der Waals surface area contributed by atoms with E-state index in [4.69, 9.17) is 4.74 Å². The zero-order valence-corrected chi connectivity index (χ0v) is 20.5. The molecule has 4 aliphatic rings. The number of anilines is 1. The Morgan fingerprint density at radius 1 is 0.941 bits per heavy atom. The van der Waals surface area contributed by atoms with Gasteiger partial charge in [0.15, 0.2) is 0 Å². The summed E-state index contributed by atoms with van der Waals surface area (Å²) >= 11 is 0. The maximum Gasteiger partial charge on any atom is 0.263 e. The van der Waals surface area contributed by atoms with Crippen molar-refractivity contribution in [3.05, 3.63) is 29.3 Å². The molecule has 0 unspecified atom stereocenters. The first-order valence-electron chi connectivity index (χ1n) is 13.1. The van der Waals surface area contributed by atoms with E-state index in [1.165, 1.54) is 24.2 Å². The van der Waals surface area contributed by atoms with E-state index < -0.39 is 0 Å². The van der Waals surface area contributed by atoms with Crippen molar-refractivity contribution in [3.63, 3.8) is 0 Å². The molecule has 1 saturated carbocycles. The number of ether oxygens (including phenoxy) is 1. The Hall–Kier alpha value is -2.41. The third-order valence-electron chi connectivity index (χ3n) is 8.06. The number of morpholine rings is 1. The number of carbonyl (C=O) groups excluding carboxylic acids is 3. The summed E-state index contributed by atoms with van der Waals surface area (Å²) in [5, 5.41) is 0. The third kappa shape index (κ3) is 4.47. The summed E-state index contributed by atoms with van der Waals surface area (Å²) in [4.78, 5) is 45.3. The predicted octanol–water partition coefficient (Wildman–Crippen LogP) is 3.72. The number of fused-ring (bicyclic) bond motifs is 1. The molecule has 3 fully saturated rings. The Balaban J connectivity index is 1.26. The van der Waals surface area contributed by atoms with E-state index in [0.717, 1.165) is 31.4 Å². The van der Waals surface area contributed by atoms with E-state index in [9.17, 15) is 14.4 Å². The summed E-state index contributed by atoms with van der Waals surface area (Å²) in [6.07, 6.45) is 7.49. The van der Waals surface area contributed by atoms with Crippen molar-refractivity contribution in [1.29, 1.82) is 0 Å². The highest BCUT2D eigenvalue weighted by Gasteiger charge is 2.40. The highest BCUT2D eigenvalue weighted by Crippen LogP contribution is 2.36. The van der Waals surface area contributed by atoms with Gasteiger partial charge in [0.2, 0.25) is 5.91 Å². The number of imide groups is 1. The van der Waals surface area contributed by atoms with Crippen LogP contribution in [0.5, 0.6) is 0 Å². The van der Waals surface area contributed by atoms with Gasteiger partial charge < -0.3 is 14.5 Å². The van der Waals surface area contributed by atoms with Crippen molar-refractivity contribution < 1.29 is 19.1 Å². The van der Waals surface area contributed by atoms with Crippen LogP contribution in [0.15, 0.2) is 18.2 Å². The van der Waals surface area contributed by atoms with E-state index in [1.54, 1.807) is 6.07 Å². The van der Waals surface area contributed by atoms with Gasteiger partial charge in [-0.1, -0.05) is 25.3 Å². The summed E-state index contributed by atoms with van der Waals surface area (Å²) in [5.41, 5.74) is 1.94. The number of nitrogens with zero attached hydrogens (tertiary/aromatic N) is 3. The number of carbonyl (C=O) groups is 3. The molecule has 3 amide bonds. The molecule has 0 aromatic heterocycles. The molecule has 184 valence electrons. The molecule has 34 heavy (non-hydrogen) atoms. The maximum atomic E-state index is 13.4. The summed E-state index contributed by atoms with van der Waals surface area (Å²) < 4.78 is 5.78. The van der Waals surface area contributed by atoms with E-state index in [1.807, 2.05) is 30.9 Å². The molecule has 5 rings (SSSR count). The van der Waals surface area contributed by atoms with Crippen LogP contribution < -0.4 is 4.90 Å². The molecular formula is C27H37N3O4. The normalized spacial score (nSPS) is 26.8. The quantitative estimate of drug-likeness (QED) is 0.632. The Kier molecular flexibility index (Phi) is 6.65. The molecule has 1 aromatic rings. The molecule has 7 heteroatoms. The molecule has 0 spiro atoms. The Morgan fingerprint density at radius 2 is 1.62 bits per heavy atom. The topological polar surface area (TPSA) is 70.2 Å². The number of rotatable bonds is 4. The SMILES string of the molecule is C[C@@H]1CN(C(=O)C2CCN(c3cccc4c3C(=O)N(CC3CCCCC3)C4=O)CC2)C[C@H](C)O1. The second-order valence-electron chi connectivity index (χ2n) is 10.7. The standard InChI is InChI=1S/C27H37N3O4/c1-18-15-29(16-19(2)34-18)25(31)21-11-13-28(14-12-21)23-10-6-9-22-24(23)27(33)30(26(22)32)17-20-7-4-3-5-8-20/h6,9-10,18-21H,3-5,7-8,11-17H2,1-2H3/t18-,19+. The van der Waals surface area contributed by atoms with Crippen LogP contribution >= 0.6 is 0 Å². The van der Waals surface area contributed by atoms with E-state index in [2.05, 4.69) is 4.90 Å². The molecule has 1 aromatic carbocycles. The summed E-state index contributed by atoms with van der Waals surface area (Å²) in [5.74, 6) is 0.367. The second-order valence-corrected chi connectivity index (χ2v) is 10.7. The molecule has 2 saturated heterocycles. The fraction of sp³-hybridized carbons (Fsp3) is 0.667. The summed E-state index contributed by atoms with van der Waals surface area (Å²) in [6, 6.07) is 5.63. The van der Waals surface area contributed by atoms with Gasteiger partial charge in [-0.25, -0.2) is 0 Å². The Bertz CT molecular complexity index is 939. The number of benzene rings is 1. The van der Waals surface area contributed by atoms with E-state index in [-0.39, 0.29) is 35.8 Å². The number of hydrogen-bond donors (Lipinski definition) is 0. The molecule has 1 aliphatic carbocycles. The molecule has 7 nitrogen and oxygen atoms in total. The lowest BCUT2D eigenvalue weighted by atomic mass is 9.89. The van der Waals surface area contributed by atoms with Crippen LogP contribution in [0.2, 0.25) is 0 Å². The molecule has 2 atom stereocenters. The van der Waals surface area contributed by atoms with Gasteiger partial charge in [0.05, 0.1) is 29.0 Å². The smallest absolute Gasteiger partial charge is 0.263 e. The van der Waals surface area contributed by atoms with Gasteiger partial charge >= 0.3 is 0 Å². The highest BCUT2D eigenvalue weighted by atomic mass is 16.5. The first kappa shape index (κ1) is 23.3. The number of hydrogen-bond acceptors (Lipinski definition) is 5. The van der Waals surface area contributed by atoms with Crippen molar-refractivity contribution >= 4 is 23.4 Å². The van der Waals surface area contributed by atoms with Gasteiger partial charge in [-0.3, -0.25) is 19.3 Å². The minimum atomic E-state index is -0.145. The first-order valence-corrected chi connectivity index (χ1v) is 13.1. The molecule has 3 aliphatic heterocycles. The highest BCUT2D eigenvalue weighted by molar-refractivity contribution is 6.23. The van der Waals surface area contributed by atoms with Crippen molar-refractivity contribution in [2.45, 2.75) is 71.0 Å². The second kappa shape index (κ2) is 9.68. The van der Waals surface area contributed by atoms with Gasteiger partial charge in [-0.2, -0.15) is 0 Å². The lowest BCUT2D eigenvalue weighted by Gasteiger charge is -2.39. The lowest BCUT2D eigenvalue weighted by Crippen LogP contribution is -2.51. The van der Waals surface area contributed by atoms with Gasteiger partial charge in [0.25, 0.3) is 11.8 Å². The van der Waals surface area contributed by atoms with Crippen molar-refractivity contribution in [1.82, 2.24) is 9.80 Å². The van der Waals surface area contributed by atoms with Gasteiger partial charge in [-0.15, -0.1) is 0 Å². The predicted molar refractivity (Wildman–Crippen MR) is 130 cm³/mol. The van der Waals surface area contributed by atoms with Crippen LogP contribution in [0.4, 0.5) is 5.69 Å². The van der Waals surface area contributed by atoms with Gasteiger partial charge in [-0.05, 0) is 57.6 Å². The number of amides is 3. The fourth-order valence-electron chi connectivity index (χ4n) is 6.36. The number of piperidine rings is 1. The van der Waals surface area contributed by atoms with Crippen LogP contribution in [0, 0.1) is 11.8 Å². The van der Waals surface area contributed by atoms with Crippen LogP contribution in [-0.4, -0.2) is 72.5 Å². The molecule has 0 bridgehead atoms. The lowest BCUT2D eigenvalue weighted by molar-refractivity contribution is -0.148. The average Bonchev–Trinajstić information content (AvgIpc) is 3.09. The molecule has 3 heterocycles. The van der Waals surface area contributed by atoms with Crippen molar-refractivity contribution in [2.75, 3.05) is 37.6 Å². The van der Waals surface area contributed by atoms with Gasteiger partial charge in [0, 0.05) is 38.6 Å². The Morgan fingerprint density at radius 3 is 2.29 bits per heavy atom. The van der Waals surface area contributed by atoms with E-state index in [0.29, 0.717) is 49.8 Å². The average molecular weight is 468 g/mol. The van der Waals surface area contributed by atoms with Crippen LogP contribution in [0.1, 0.15) is 79.5 Å². The third-order valence-corrected chi connectivity index (χ3v) is 8.06. The van der Waals surface area contributed by atoms with Crippen LogP contribution in [0.25, 0.3) is 0 Å². The Labute approximate surface area is 202 Å². The largest absolute Gasteiger partial charge is 0.372 e. The molecule has 0 radical (unpaired) electrons. The fourth-order valence-corrected chi connectivity index (χ4v) is 6.36. The van der Waals surface area contributed by atoms with E-state index >= 15 is 0 Å². The zero-order chi connectivity index (χ0) is 23.8. The maximum absolute atomic E-state index is 13.4. The van der Waals surface area contributed by atoms with Gasteiger partial charge in [0.1, 0.15) is 0 Å². The zero-order valence-electron chi connectivity index (χ0n) is 20.5. The first-order chi connectivity index (χ1) is 16.4. The minimum absolute atomic E-state index is 0.00523. The van der Waals surface area contributed by atoms with Crippen molar-refractivity contribution in [2.24, 2.45) is 11.8 Å².